The summed E-state index contributed by atoms with van der Waals surface area (Å²) in [4.78, 5) is 0. The van der Waals surface area contributed by atoms with Crippen LogP contribution >= 0.6 is 0 Å². The standard InChI is InChI=1S/C8H14.C7H11F3.2C7H15F.C7H14.2C7H16.2C6H11F3.2C6H12F2.C6H11F.3C6H13F.C6H12.2C6H14/c1-6(2)8-3-7(4-8)5-8;1-5(2)6(3-4-6)7(8,9)10;1-5(2)6(3)7(4)8;1-4-7(5-8)6(2)3;1-6(2)7-4-3-5-7;2*1-5-7(4)6(2)3;2*1-4(2)5(3)6(7,8)9;2*1-4(2)5(3)6(7)8;1-5(2)6(7)3-4-6;1-5(2)6(3,4)7;2*1-5(2)6(3)4-7;1-5(2)6-3-4-6;2*1-5(2)6(3)4/h6-7H,3-5H2,1-2H3;5H,3-4H2,1-2H3;5-7H,1-4H3;6-7H,4-5H2,1-3H3;6-7H,3-5H2,1-2H3;2*6-7H,5H2,1-4H3;2*4-5H,1-3H3;2*4-6H,1-3H3;5H,3-4H2,1-2H3;5H,1-4H3;2*5-6H,4H2,1-3H3;5-6H,3-4H2,1-2H3;2*5-6H,1-4H3/i6D;3*5D;2*6D;2*5D;4D;5D;4D;2*5D;6D;4*5D. The minimum Gasteiger partial charge on any atom is -0.251 e. The van der Waals surface area contributed by atoms with Crippen molar-refractivity contribution in [3.05, 3.63) is 0 Å². The fourth-order valence-corrected chi connectivity index (χ4v) is 8.96. The van der Waals surface area contributed by atoms with Gasteiger partial charge in [0.1, 0.15) is 17.5 Å². The molecule has 0 N–H and O–H groups in total. The molecule has 0 aliphatic heterocycles. The lowest BCUT2D eigenvalue weighted by molar-refractivity contribution is -0.199. The van der Waals surface area contributed by atoms with E-state index < -0.39 is 151 Å². The van der Waals surface area contributed by atoms with Crippen LogP contribution in [0.4, 0.5) is 83.4 Å². The van der Waals surface area contributed by atoms with Crippen LogP contribution in [0.1, 0.15) is 502 Å². The summed E-state index contributed by atoms with van der Waals surface area (Å²) in [7, 11) is 0. The van der Waals surface area contributed by atoms with E-state index in [0.29, 0.717) is 65.6 Å². The zero-order chi connectivity index (χ0) is 128. The molecule has 13 unspecified atom stereocenters. The van der Waals surface area contributed by atoms with Gasteiger partial charge in [-0.3, -0.25) is 13.2 Å². The molecule has 0 heterocycles. The first-order valence-corrected chi connectivity index (χ1v) is 50.5. The Morgan fingerprint density at radius 1 is 0.356 bits per heavy atom. The van der Waals surface area contributed by atoms with E-state index in [1.54, 1.807) is 90.0 Å². The second-order valence-corrected chi connectivity index (χ2v) is 44.4. The van der Waals surface area contributed by atoms with E-state index in [-0.39, 0.29) is 84.2 Å². The summed E-state index contributed by atoms with van der Waals surface area (Å²) < 4.78 is 361. The predicted molar refractivity (Wildman–Crippen MR) is 562 cm³/mol. The van der Waals surface area contributed by atoms with Crippen LogP contribution in [0, 0.1) is 206 Å². The molecule has 0 radical (unpaired) electrons. The zero-order valence-electron chi connectivity index (χ0n) is 116. The topological polar surface area (TPSA) is 0 Å². The second kappa shape index (κ2) is 82.8. The van der Waals surface area contributed by atoms with Gasteiger partial charge in [0.25, 0.3) is 0 Å². The SMILES string of the molecule is [2H]C(C)(C(C)C)C(F)(F)F.[2H]C(C)(C(C)C)C(F)F.[2H]C(C)(C)C(C)(C)F.[2H]C(C)(C)C(C)C.[2H]C(C)(C)C(C)C.[2H]C(C)(C)C(C)C(C)F.[2H]C(C)(C)C(C)C(F)(F)F.[2H]C(C)(C)C(C)C(F)F.[2H]C(C)(C)C(C)CC.[2H]C(C)(C)C(C)CF.[2H]C(C)(C)C1(C(F)(F)F)CC1.[2H]C(C)(C)C1(F)CC1.[2H]C(C)(C)C12CC(C1)C2.[2H]C(C)(C)C1CC1.[2H]C(C)(C)C1CCC1.[2H]C(C)(CF)C(C)C.[2H]C(C)C(C)C(C)C.[2H]C(F)C(CC)C(C)C. The molecule has 7 rings (SSSR count). The molecule has 19 heteroatoms. The number of alkyl halides is 19. The Morgan fingerprint density at radius 2 is 0.704 bits per heavy atom. The molecule has 834 valence electrons. The van der Waals surface area contributed by atoms with Gasteiger partial charge in [-0.1, -0.05) is 399 Å². The van der Waals surface area contributed by atoms with Crippen molar-refractivity contribution in [3.63, 3.8) is 0 Å². The van der Waals surface area contributed by atoms with Crippen molar-refractivity contribution in [1.29, 1.82) is 0 Å². The molecular weight excluding hydrogens is 1750 g/mol. The maximum Gasteiger partial charge on any atom is 0.394 e. The van der Waals surface area contributed by atoms with Gasteiger partial charge in [-0.2, -0.15) is 39.5 Å². The highest BCUT2D eigenvalue weighted by atomic mass is 19.4. The van der Waals surface area contributed by atoms with Gasteiger partial charge in [-0.05, 0) is 255 Å². The molecule has 13 atom stereocenters. The Labute approximate surface area is 856 Å². The van der Waals surface area contributed by atoms with E-state index in [9.17, 15) is 83.4 Å². The summed E-state index contributed by atoms with van der Waals surface area (Å²) in [5.74, 6) is -11.3. The lowest BCUT2D eigenvalue weighted by atomic mass is 9.41. The van der Waals surface area contributed by atoms with Gasteiger partial charge in [0, 0.05) is 35.1 Å². The molecule has 7 fully saturated rings. The van der Waals surface area contributed by atoms with E-state index in [1.807, 2.05) is 111 Å². The van der Waals surface area contributed by atoms with Gasteiger partial charge >= 0.3 is 18.5 Å². The third kappa shape index (κ3) is 91.1. The molecular formula is C116H237F19. The summed E-state index contributed by atoms with van der Waals surface area (Å²) in [5.41, 5.74) is -3.78. The first-order valence-electron chi connectivity index (χ1n) is 59.6. The van der Waals surface area contributed by atoms with Crippen molar-refractivity contribution in [2.45, 2.75) is 526 Å². The summed E-state index contributed by atoms with van der Waals surface area (Å²) in [6, 6.07) is 0. The zero-order valence-corrected chi connectivity index (χ0v) is 97.7. The number of rotatable bonds is 27. The minimum atomic E-state index is -4.42. The summed E-state index contributed by atoms with van der Waals surface area (Å²) in [6.07, 6.45) is -4.72. The maximum atomic E-state index is 12.8. The Bertz CT molecular complexity index is 3140. The highest BCUT2D eigenvalue weighted by Gasteiger charge is 2.64. The summed E-state index contributed by atoms with van der Waals surface area (Å²) in [5, 5.41) is 0. The maximum absolute atomic E-state index is 12.8. The van der Waals surface area contributed by atoms with Gasteiger partial charge in [0.2, 0.25) is 12.9 Å². The molecule has 0 nitrogen and oxygen atoms in total. The van der Waals surface area contributed by atoms with Crippen LogP contribution in [0.25, 0.3) is 0 Å². The Morgan fingerprint density at radius 3 is 0.704 bits per heavy atom. The van der Waals surface area contributed by atoms with Gasteiger partial charge in [0.05, 0.1) is 38.6 Å². The van der Waals surface area contributed by atoms with Crippen molar-refractivity contribution in [2.75, 3.05) is 20.0 Å². The molecule has 0 spiro atoms. The van der Waals surface area contributed by atoms with Crippen molar-refractivity contribution < 1.29 is 108 Å². The third-order valence-electron chi connectivity index (χ3n) is 27.6. The highest BCUT2D eigenvalue weighted by molar-refractivity contribution is 5.08. The number of hydrogen-bond donors (Lipinski definition) is 0. The third-order valence-corrected chi connectivity index (χ3v) is 27.6. The normalized spacial score (nSPS) is 23.1. The average molecular weight is 2010 g/mol. The molecule has 135 heavy (non-hydrogen) atoms. The molecule has 0 aromatic carbocycles. The van der Waals surface area contributed by atoms with Crippen LogP contribution in [0.5, 0.6) is 0 Å². The molecule has 0 aromatic rings. The van der Waals surface area contributed by atoms with Crippen LogP contribution in [0.15, 0.2) is 0 Å². The number of hydrogen-bond acceptors (Lipinski definition) is 0. The second-order valence-electron chi connectivity index (χ2n) is 44.4. The van der Waals surface area contributed by atoms with Crippen LogP contribution < -0.4 is 0 Å². The highest BCUT2D eigenvalue weighted by Crippen LogP contribution is 2.68. The van der Waals surface area contributed by atoms with Gasteiger partial charge in [0.15, 0.2) is 0 Å². The molecule has 7 aliphatic carbocycles. The lowest BCUT2D eigenvalue weighted by Gasteiger charge is -2.64. The van der Waals surface area contributed by atoms with E-state index in [4.69, 9.17) is 24.7 Å². The largest absolute Gasteiger partial charge is 0.394 e. The van der Waals surface area contributed by atoms with Crippen molar-refractivity contribution in [1.82, 2.24) is 0 Å². The predicted octanol–water partition coefficient (Wildman–Crippen LogP) is 45.0. The first kappa shape index (κ1) is 121. The first-order chi connectivity index (χ1) is 66.1. The van der Waals surface area contributed by atoms with Gasteiger partial charge < -0.3 is 0 Å². The van der Waals surface area contributed by atoms with Crippen LogP contribution in [-0.2, 0) is 0 Å². The van der Waals surface area contributed by atoms with E-state index in [2.05, 4.69) is 76.2 Å². The summed E-state index contributed by atoms with van der Waals surface area (Å²) >= 11 is 0. The van der Waals surface area contributed by atoms with Gasteiger partial charge in [-0.15, -0.1) is 0 Å². The van der Waals surface area contributed by atoms with Crippen molar-refractivity contribution in [2.24, 2.45) is 206 Å². The molecule has 7 aliphatic rings. The molecule has 0 saturated heterocycles. The monoisotopic (exact) mass is 2010 g/mol. The lowest BCUT2D eigenvalue weighted by Crippen LogP contribution is -2.54. The number of halogens is 19. The Kier molecular flexibility index (Phi) is 74.0. The molecule has 7 saturated carbocycles. The quantitative estimate of drug-likeness (QED) is 0.0719. The fraction of sp³-hybridized carbons (Fsp3) is 1.00. The Hall–Kier alpha value is -1.33. The minimum absolute atomic E-state index is 0.0787. The van der Waals surface area contributed by atoms with Crippen molar-refractivity contribution >= 4 is 0 Å². The molecule has 0 amide bonds. The molecule has 2 bridgehead atoms. The van der Waals surface area contributed by atoms with Crippen LogP contribution in [-0.4, -0.2) is 68.9 Å². The van der Waals surface area contributed by atoms with Crippen molar-refractivity contribution in [3.8, 4) is 0 Å². The van der Waals surface area contributed by atoms with E-state index in [0.717, 1.165) is 32.6 Å². The fourth-order valence-electron chi connectivity index (χ4n) is 8.96. The van der Waals surface area contributed by atoms with E-state index in [1.165, 1.54) is 141 Å². The van der Waals surface area contributed by atoms with Crippen LogP contribution in [0.3, 0.4) is 0 Å². The summed E-state index contributed by atoms with van der Waals surface area (Å²) in [6.45, 7) is 93.3. The Balaban J connectivity index is -0.000000138. The van der Waals surface area contributed by atoms with E-state index >= 15 is 0 Å². The molecule has 0 aromatic heterocycles. The van der Waals surface area contributed by atoms with Crippen LogP contribution in [0.2, 0.25) is 0 Å². The smallest absolute Gasteiger partial charge is 0.251 e. The van der Waals surface area contributed by atoms with Gasteiger partial charge in [-0.25, -0.2) is 30.7 Å². The average Bonchev–Trinajstić information content (AvgIpc) is 1.51.